The van der Waals surface area contributed by atoms with Crippen molar-refractivity contribution in [1.82, 2.24) is 14.8 Å². The molecule has 2 atom stereocenters. The van der Waals surface area contributed by atoms with E-state index in [2.05, 4.69) is 11.1 Å². The summed E-state index contributed by atoms with van der Waals surface area (Å²) in [5.41, 5.74) is 0.825. The van der Waals surface area contributed by atoms with Gasteiger partial charge in [-0.25, -0.2) is 0 Å². The number of rotatable bonds is 4. The van der Waals surface area contributed by atoms with Gasteiger partial charge in [-0.3, -0.25) is 14.6 Å². The van der Waals surface area contributed by atoms with E-state index in [1.807, 2.05) is 11.0 Å². The Bertz CT molecular complexity index is 935. The number of ether oxygens (including phenoxy) is 1. The number of pyridine rings is 1. The number of carbonyl (C=O) groups is 2. The molecule has 7 heteroatoms. The number of nitrogens with zero attached hydrogens (tertiary/aromatic N) is 4. The maximum absolute atomic E-state index is 13.2. The fraction of sp³-hybridized carbons (Fsp3) is 0.364. The third kappa shape index (κ3) is 4.06. The van der Waals surface area contributed by atoms with Gasteiger partial charge in [0.25, 0.3) is 5.91 Å². The van der Waals surface area contributed by atoms with Crippen LogP contribution >= 0.6 is 0 Å². The molecule has 0 spiro atoms. The molecule has 148 valence electrons. The van der Waals surface area contributed by atoms with E-state index in [0.29, 0.717) is 29.8 Å². The second-order valence-corrected chi connectivity index (χ2v) is 7.36. The Balaban J connectivity index is 1.57. The first-order valence-corrected chi connectivity index (χ1v) is 9.82. The van der Waals surface area contributed by atoms with E-state index in [0.717, 1.165) is 25.9 Å². The number of hydrogen-bond donors (Lipinski definition) is 0. The normalized spacial score (nSPS) is 21.1. The van der Waals surface area contributed by atoms with Crippen molar-refractivity contribution < 1.29 is 14.3 Å². The molecule has 0 N–H and O–H groups in total. The van der Waals surface area contributed by atoms with Crippen LogP contribution in [0.1, 0.15) is 35.2 Å². The zero-order chi connectivity index (χ0) is 20.2. The number of likely N-dealkylation sites (tertiary alicyclic amines) is 2. The highest BCUT2D eigenvalue weighted by atomic mass is 16.5. The molecule has 0 unspecified atom stereocenters. The maximum Gasteiger partial charge on any atom is 0.254 e. The minimum Gasteiger partial charge on any atom is -0.487 e. The van der Waals surface area contributed by atoms with Gasteiger partial charge in [0.2, 0.25) is 5.91 Å². The molecular formula is C22H22N4O3. The molecule has 1 aromatic carbocycles. The first-order chi connectivity index (χ1) is 14.2. The molecule has 2 aliphatic heterocycles. The lowest BCUT2D eigenvalue weighted by Crippen LogP contribution is -2.47. The molecule has 0 radical (unpaired) electrons. The van der Waals surface area contributed by atoms with Crippen LogP contribution in [0.5, 0.6) is 5.75 Å². The first kappa shape index (κ1) is 18.9. The van der Waals surface area contributed by atoms with Crippen molar-refractivity contribution in [1.29, 1.82) is 5.26 Å². The molecule has 29 heavy (non-hydrogen) atoms. The van der Waals surface area contributed by atoms with Gasteiger partial charge in [0.1, 0.15) is 17.9 Å². The maximum atomic E-state index is 13.2. The standard InChI is InChI=1S/C22H22N4O3/c23-13-16-5-3-6-17(11-16)21(27)26-15-19(29-18-7-4-8-24-14-18)12-20(26)22(28)25-9-1-2-10-25/h3-8,11,14,19-20H,1-2,9-10,12,15H2/t19-,20-/m0/s1. The Labute approximate surface area is 169 Å². The van der Waals surface area contributed by atoms with E-state index in [-0.39, 0.29) is 17.9 Å². The number of hydrogen-bond acceptors (Lipinski definition) is 5. The molecule has 2 aromatic rings. The highest BCUT2D eigenvalue weighted by Crippen LogP contribution is 2.27. The van der Waals surface area contributed by atoms with Crippen molar-refractivity contribution >= 4 is 11.8 Å². The SMILES string of the molecule is N#Cc1cccc(C(=O)N2C[C@@H](Oc3cccnc3)C[C@H]2C(=O)N2CCCC2)c1. The zero-order valence-corrected chi connectivity index (χ0v) is 16.0. The Morgan fingerprint density at radius 3 is 2.72 bits per heavy atom. The largest absolute Gasteiger partial charge is 0.487 e. The van der Waals surface area contributed by atoms with Crippen LogP contribution in [-0.4, -0.2) is 58.4 Å². The van der Waals surface area contributed by atoms with E-state index in [9.17, 15) is 9.59 Å². The minimum atomic E-state index is -0.562. The summed E-state index contributed by atoms with van der Waals surface area (Å²) in [6.45, 7) is 1.78. The molecule has 3 heterocycles. The van der Waals surface area contributed by atoms with Crippen LogP contribution < -0.4 is 4.74 Å². The van der Waals surface area contributed by atoms with Gasteiger partial charge < -0.3 is 14.5 Å². The second kappa shape index (κ2) is 8.31. The summed E-state index contributed by atoms with van der Waals surface area (Å²) >= 11 is 0. The average Bonchev–Trinajstić information content (AvgIpc) is 3.44. The number of nitriles is 1. The lowest BCUT2D eigenvalue weighted by atomic mass is 10.1. The van der Waals surface area contributed by atoms with Gasteiger partial charge in [-0.1, -0.05) is 6.07 Å². The van der Waals surface area contributed by atoms with Gasteiger partial charge in [0, 0.05) is 31.3 Å². The topological polar surface area (TPSA) is 86.5 Å². The van der Waals surface area contributed by atoms with E-state index in [1.165, 1.54) is 0 Å². The Morgan fingerprint density at radius 2 is 2.00 bits per heavy atom. The van der Waals surface area contributed by atoms with Crippen molar-refractivity contribution in [2.75, 3.05) is 19.6 Å². The van der Waals surface area contributed by atoms with Crippen LogP contribution in [0.3, 0.4) is 0 Å². The Hall–Kier alpha value is -3.40. The zero-order valence-electron chi connectivity index (χ0n) is 16.0. The summed E-state index contributed by atoms with van der Waals surface area (Å²) in [5.74, 6) is 0.340. The van der Waals surface area contributed by atoms with Crippen LogP contribution in [0.25, 0.3) is 0 Å². The van der Waals surface area contributed by atoms with E-state index in [4.69, 9.17) is 10.00 Å². The number of amides is 2. The van der Waals surface area contributed by atoms with Crippen LogP contribution in [0.15, 0.2) is 48.8 Å². The molecule has 2 amide bonds. The van der Waals surface area contributed by atoms with Crippen molar-refractivity contribution in [3.8, 4) is 11.8 Å². The molecule has 0 bridgehead atoms. The lowest BCUT2D eigenvalue weighted by molar-refractivity contribution is -0.134. The predicted octanol–water partition coefficient (Wildman–Crippen LogP) is 2.24. The summed E-state index contributed by atoms with van der Waals surface area (Å²) in [6, 6.07) is 11.7. The summed E-state index contributed by atoms with van der Waals surface area (Å²) in [5, 5.41) is 9.14. The van der Waals surface area contributed by atoms with Gasteiger partial charge >= 0.3 is 0 Å². The van der Waals surface area contributed by atoms with Crippen molar-refractivity contribution in [2.45, 2.75) is 31.4 Å². The Kier molecular flexibility index (Phi) is 5.43. The second-order valence-electron chi connectivity index (χ2n) is 7.36. The molecule has 2 fully saturated rings. The van der Waals surface area contributed by atoms with Gasteiger partial charge in [0.15, 0.2) is 0 Å². The molecule has 0 saturated carbocycles. The third-order valence-electron chi connectivity index (χ3n) is 5.40. The first-order valence-electron chi connectivity index (χ1n) is 9.82. The molecule has 1 aromatic heterocycles. The summed E-state index contributed by atoms with van der Waals surface area (Å²) < 4.78 is 6.00. The average molecular weight is 390 g/mol. The summed E-state index contributed by atoms with van der Waals surface area (Å²) in [7, 11) is 0. The van der Waals surface area contributed by atoms with Gasteiger partial charge in [-0.05, 0) is 43.2 Å². The molecular weight excluding hydrogens is 368 g/mol. The van der Waals surface area contributed by atoms with Gasteiger partial charge in [0.05, 0.1) is 24.4 Å². The molecule has 2 saturated heterocycles. The van der Waals surface area contributed by atoms with E-state index >= 15 is 0 Å². The number of carbonyl (C=O) groups excluding carboxylic acids is 2. The molecule has 0 aliphatic carbocycles. The molecule has 4 rings (SSSR count). The highest BCUT2D eigenvalue weighted by Gasteiger charge is 2.43. The predicted molar refractivity (Wildman–Crippen MR) is 105 cm³/mol. The van der Waals surface area contributed by atoms with E-state index in [1.54, 1.807) is 47.6 Å². The fourth-order valence-corrected chi connectivity index (χ4v) is 3.99. The van der Waals surface area contributed by atoms with Crippen LogP contribution in [-0.2, 0) is 4.79 Å². The Morgan fingerprint density at radius 1 is 1.17 bits per heavy atom. The van der Waals surface area contributed by atoms with Gasteiger partial charge in [-0.15, -0.1) is 0 Å². The van der Waals surface area contributed by atoms with Crippen LogP contribution in [0, 0.1) is 11.3 Å². The highest BCUT2D eigenvalue weighted by molar-refractivity contribution is 5.98. The lowest BCUT2D eigenvalue weighted by Gasteiger charge is -2.27. The summed E-state index contributed by atoms with van der Waals surface area (Å²) in [4.78, 5) is 33.8. The number of aromatic nitrogens is 1. The smallest absolute Gasteiger partial charge is 0.254 e. The molecule has 2 aliphatic rings. The van der Waals surface area contributed by atoms with E-state index < -0.39 is 6.04 Å². The van der Waals surface area contributed by atoms with Crippen molar-refractivity contribution in [3.05, 3.63) is 59.9 Å². The summed E-state index contributed by atoms with van der Waals surface area (Å²) in [6.07, 6.45) is 5.42. The van der Waals surface area contributed by atoms with Crippen LogP contribution in [0.4, 0.5) is 0 Å². The molecule has 7 nitrogen and oxygen atoms in total. The van der Waals surface area contributed by atoms with Crippen LogP contribution in [0.2, 0.25) is 0 Å². The quantitative estimate of drug-likeness (QED) is 0.799. The van der Waals surface area contributed by atoms with Crippen molar-refractivity contribution in [3.63, 3.8) is 0 Å². The number of benzene rings is 1. The monoisotopic (exact) mass is 390 g/mol. The fourth-order valence-electron chi connectivity index (χ4n) is 3.99. The minimum absolute atomic E-state index is 0.0235. The third-order valence-corrected chi connectivity index (χ3v) is 5.40. The van der Waals surface area contributed by atoms with Crippen molar-refractivity contribution in [2.24, 2.45) is 0 Å². The van der Waals surface area contributed by atoms with Gasteiger partial charge in [-0.2, -0.15) is 5.26 Å².